The number of fused-ring (bicyclic) bond motifs is 1. The van der Waals surface area contributed by atoms with Gasteiger partial charge in [-0.1, -0.05) is 6.07 Å². The Hall–Kier alpha value is -2.16. The molecule has 1 aliphatic heterocycles. The summed E-state index contributed by atoms with van der Waals surface area (Å²) in [4.78, 5) is 17.1. The van der Waals surface area contributed by atoms with Gasteiger partial charge in [0.25, 0.3) is 5.91 Å². The van der Waals surface area contributed by atoms with Crippen LogP contribution in [0, 0.1) is 0 Å². The fourth-order valence-electron chi connectivity index (χ4n) is 2.96. The number of amides is 1. The second kappa shape index (κ2) is 7.69. The molecule has 3 N–H and O–H groups in total. The molecule has 2 heterocycles. The molecule has 3 aromatic rings. The molecule has 28 heavy (non-hydrogen) atoms. The van der Waals surface area contributed by atoms with Crippen LogP contribution in [0.4, 0.5) is 10.8 Å². The normalized spacial score (nSPS) is 14.2. The summed E-state index contributed by atoms with van der Waals surface area (Å²) in [6.07, 6.45) is 1.81. The summed E-state index contributed by atoms with van der Waals surface area (Å²) in [6.45, 7) is 2.85. The molecule has 1 aromatic heterocycles. The van der Waals surface area contributed by atoms with Crippen molar-refractivity contribution < 1.29 is 9.90 Å². The molecule has 8 heteroatoms. The second-order valence-corrected chi connectivity index (χ2v) is 8.74. The number of nitrogens with zero attached hydrogens (tertiary/aromatic N) is 1. The number of hydrogen-bond acceptors (Lipinski definition) is 5. The van der Waals surface area contributed by atoms with Crippen LogP contribution in [-0.2, 0) is 4.79 Å². The van der Waals surface area contributed by atoms with Crippen molar-refractivity contribution in [3.8, 4) is 17.0 Å². The number of carbonyl (C=O) groups excluding carboxylic acids is 1. The molecule has 1 aliphatic rings. The molecule has 0 bridgehead atoms. The first-order valence-electron chi connectivity index (χ1n) is 8.51. The Labute approximate surface area is 182 Å². The van der Waals surface area contributed by atoms with Crippen LogP contribution in [0.25, 0.3) is 22.9 Å². The van der Waals surface area contributed by atoms with Crippen LogP contribution in [0.5, 0.6) is 5.75 Å². The Balaban J connectivity index is 1.75. The summed E-state index contributed by atoms with van der Waals surface area (Å²) in [5, 5.41) is 18.9. The molecular formula is C20H15Br2N3O2S. The molecule has 0 atom stereocenters. The van der Waals surface area contributed by atoms with Gasteiger partial charge in [0, 0.05) is 34.3 Å². The largest absolute Gasteiger partial charge is 0.506 e. The van der Waals surface area contributed by atoms with E-state index >= 15 is 0 Å². The van der Waals surface area contributed by atoms with E-state index in [2.05, 4.69) is 47.5 Å². The van der Waals surface area contributed by atoms with E-state index in [0.29, 0.717) is 14.5 Å². The molecular weight excluding hydrogens is 506 g/mol. The molecule has 0 spiro atoms. The van der Waals surface area contributed by atoms with E-state index in [0.717, 1.165) is 39.7 Å². The average molecular weight is 521 g/mol. The van der Waals surface area contributed by atoms with E-state index in [1.165, 1.54) is 0 Å². The molecule has 0 aliphatic carbocycles. The number of halogens is 2. The van der Waals surface area contributed by atoms with Crippen LogP contribution in [-0.4, -0.2) is 22.5 Å². The SMILES string of the molecule is CCNc1nc(-c2ccc3c(c2)C(=Cc2cc(Br)c(O)c(Br)c2)C(=O)N3)cs1. The van der Waals surface area contributed by atoms with Crippen molar-refractivity contribution in [2.75, 3.05) is 17.2 Å². The van der Waals surface area contributed by atoms with Gasteiger partial charge in [-0.2, -0.15) is 0 Å². The molecule has 4 rings (SSSR count). The third-order valence-corrected chi connectivity index (χ3v) is 6.29. The first-order chi connectivity index (χ1) is 13.5. The summed E-state index contributed by atoms with van der Waals surface area (Å²) < 4.78 is 1.11. The second-order valence-electron chi connectivity index (χ2n) is 6.17. The quantitative estimate of drug-likeness (QED) is 0.371. The Morgan fingerprint density at radius 3 is 2.71 bits per heavy atom. The Bertz CT molecular complexity index is 1100. The summed E-state index contributed by atoms with van der Waals surface area (Å²) in [7, 11) is 0. The van der Waals surface area contributed by atoms with Gasteiger partial charge in [0.1, 0.15) is 5.75 Å². The molecule has 0 saturated carbocycles. The van der Waals surface area contributed by atoms with E-state index in [-0.39, 0.29) is 11.7 Å². The number of thiazole rings is 1. The lowest BCUT2D eigenvalue weighted by Gasteiger charge is -2.05. The maximum atomic E-state index is 12.5. The van der Waals surface area contributed by atoms with Crippen molar-refractivity contribution in [1.82, 2.24) is 4.98 Å². The lowest BCUT2D eigenvalue weighted by Crippen LogP contribution is -2.03. The smallest absolute Gasteiger partial charge is 0.256 e. The first-order valence-corrected chi connectivity index (χ1v) is 11.0. The summed E-state index contributed by atoms with van der Waals surface area (Å²) >= 11 is 8.21. The van der Waals surface area contributed by atoms with Crippen LogP contribution in [0.2, 0.25) is 0 Å². The van der Waals surface area contributed by atoms with Gasteiger partial charge in [-0.05, 0) is 74.7 Å². The van der Waals surface area contributed by atoms with Gasteiger partial charge >= 0.3 is 0 Å². The molecule has 0 radical (unpaired) electrons. The van der Waals surface area contributed by atoms with Crippen molar-refractivity contribution in [3.05, 3.63) is 55.8 Å². The molecule has 0 fully saturated rings. The van der Waals surface area contributed by atoms with Gasteiger partial charge in [-0.25, -0.2) is 4.98 Å². The standard InChI is InChI=1S/C20H15Br2N3O2S/c1-2-23-20-25-17(9-28-20)11-3-4-16-12(8-11)13(19(27)24-16)5-10-6-14(21)18(26)15(22)7-10/h3-9,26H,2H2,1H3,(H,23,25)(H,24,27). The number of anilines is 2. The molecule has 5 nitrogen and oxygen atoms in total. The van der Waals surface area contributed by atoms with Gasteiger partial charge in [-0.3, -0.25) is 4.79 Å². The fourth-order valence-corrected chi connectivity index (χ4v) is 4.98. The Kier molecular flexibility index (Phi) is 5.27. The number of hydrogen-bond donors (Lipinski definition) is 3. The van der Waals surface area contributed by atoms with Gasteiger partial charge in [0.2, 0.25) is 0 Å². The zero-order valence-electron chi connectivity index (χ0n) is 14.7. The first kappa shape index (κ1) is 19.2. The van der Waals surface area contributed by atoms with Crippen molar-refractivity contribution >= 4 is 71.6 Å². The molecule has 0 unspecified atom stereocenters. The van der Waals surface area contributed by atoms with Crippen LogP contribution in [0.3, 0.4) is 0 Å². The van der Waals surface area contributed by atoms with E-state index in [1.807, 2.05) is 36.6 Å². The number of carbonyl (C=O) groups is 1. The van der Waals surface area contributed by atoms with Crippen molar-refractivity contribution in [3.63, 3.8) is 0 Å². The van der Waals surface area contributed by atoms with Gasteiger partial charge < -0.3 is 15.7 Å². The van der Waals surface area contributed by atoms with Crippen molar-refractivity contribution in [2.45, 2.75) is 6.92 Å². The van der Waals surface area contributed by atoms with Gasteiger partial charge in [0.15, 0.2) is 5.13 Å². The number of aromatic nitrogens is 1. The maximum Gasteiger partial charge on any atom is 0.256 e. The summed E-state index contributed by atoms with van der Waals surface area (Å²) in [5.74, 6) is -0.0279. The van der Waals surface area contributed by atoms with Gasteiger partial charge in [-0.15, -0.1) is 11.3 Å². The summed E-state index contributed by atoms with van der Waals surface area (Å²) in [5.41, 5.74) is 4.80. The molecule has 0 saturated heterocycles. The minimum absolute atomic E-state index is 0.126. The van der Waals surface area contributed by atoms with Crippen LogP contribution in [0.1, 0.15) is 18.1 Å². The minimum atomic E-state index is -0.154. The number of aromatic hydroxyl groups is 1. The van der Waals surface area contributed by atoms with E-state index < -0.39 is 0 Å². The summed E-state index contributed by atoms with van der Waals surface area (Å²) in [6, 6.07) is 9.38. The number of benzene rings is 2. The predicted molar refractivity (Wildman–Crippen MR) is 122 cm³/mol. The lowest BCUT2D eigenvalue weighted by molar-refractivity contribution is -0.110. The van der Waals surface area contributed by atoms with Crippen LogP contribution in [0.15, 0.2) is 44.7 Å². The topological polar surface area (TPSA) is 74.2 Å². The van der Waals surface area contributed by atoms with E-state index in [9.17, 15) is 9.90 Å². The minimum Gasteiger partial charge on any atom is -0.506 e. The highest BCUT2D eigenvalue weighted by atomic mass is 79.9. The molecule has 1 amide bonds. The van der Waals surface area contributed by atoms with E-state index in [1.54, 1.807) is 23.5 Å². The maximum absolute atomic E-state index is 12.5. The Morgan fingerprint density at radius 1 is 1.25 bits per heavy atom. The number of phenols is 1. The highest BCUT2D eigenvalue weighted by molar-refractivity contribution is 9.11. The third-order valence-electron chi connectivity index (χ3n) is 4.28. The predicted octanol–water partition coefficient (Wildman–Crippen LogP) is 5.97. The highest BCUT2D eigenvalue weighted by Gasteiger charge is 2.25. The van der Waals surface area contributed by atoms with Gasteiger partial charge in [0.05, 0.1) is 14.6 Å². The van der Waals surface area contributed by atoms with Crippen LogP contribution < -0.4 is 10.6 Å². The van der Waals surface area contributed by atoms with Crippen LogP contribution >= 0.6 is 43.2 Å². The van der Waals surface area contributed by atoms with Crippen molar-refractivity contribution in [1.29, 1.82) is 0 Å². The number of rotatable bonds is 4. The monoisotopic (exact) mass is 519 g/mol. The molecule has 2 aromatic carbocycles. The van der Waals surface area contributed by atoms with Crippen molar-refractivity contribution in [2.24, 2.45) is 0 Å². The Morgan fingerprint density at radius 2 is 2.00 bits per heavy atom. The lowest BCUT2D eigenvalue weighted by atomic mass is 10.0. The number of phenolic OH excluding ortho intramolecular Hbond substituents is 1. The average Bonchev–Trinajstić information content (AvgIpc) is 3.24. The molecule has 142 valence electrons. The number of nitrogens with one attached hydrogen (secondary N) is 2. The highest BCUT2D eigenvalue weighted by Crippen LogP contribution is 2.39. The zero-order chi connectivity index (χ0) is 19.8. The zero-order valence-corrected chi connectivity index (χ0v) is 18.7. The third kappa shape index (κ3) is 3.59. The van der Waals surface area contributed by atoms with E-state index in [4.69, 9.17) is 0 Å². The fraction of sp³-hybridized carbons (Fsp3) is 0.100.